The van der Waals surface area contributed by atoms with Crippen LogP contribution in [0.1, 0.15) is 142 Å². The monoisotopic (exact) mass is 814 g/mol. The van der Waals surface area contributed by atoms with Crippen molar-refractivity contribution in [2.75, 3.05) is 26.4 Å². The average Bonchev–Trinajstić information content (AvgIpc) is 3.20. The third kappa shape index (κ3) is 42.1. The Morgan fingerprint density at radius 1 is 0.544 bits per heavy atom. The van der Waals surface area contributed by atoms with Crippen LogP contribution in [0.2, 0.25) is 0 Å². The van der Waals surface area contributed by atoms with Gasteiger partial charge in [0.1, 0.15) is 6.61 Å². The van der Waals surface area contributed by atoms with Crippen LogP contribution >= 0.6 is 7.82 Å². The van der Waals surface area contributed by atoms with Gasteiger partial charge in [-0.25, -0.2) is 4.57 Å². The summed E-state index contributed by atoms with van der Waals surface area (Å²) in [5.41, 5.74) is 5.34. The van der Waals surface area contributed by atoms with Crippen molar-refractivity contribution in [1.82, 2.24) is 0 Å². The third-order valence-electron chi connectivity index (χ3n) is 8.12. The number of nitrogens with two attached hydrogens (primary N) is 1. The molecular weight excluding hydrogens is 737 g/mol. The maximum absolute atomic E-state index is 12.6. The Hall–Kier alpha value is -3.33. The second kappa shape index (κ2) is 42.3. The maximum Gasteiger partial charge on any atom is 0.472 e. The van der Waals surface area contributed by atoms with Crippen LogP contribution in [-0.2, 0) is 32.7 Å². The number of ether oxygens (including phenoxy) is 2. The molecule has 0 aromatic carbocycles. The van der Waals surface area contributed by atoms with E-state index in [1.807, 2.05) is 0 Å². The molecule has 0 bridgehead atoms. The van der Waals surface area contributed by atoms with Gasteiger partial charge in [-0.15, -0.1) is 0 Å². The summed E-state index contributed by atoms with van der Waals surface area (Å²) in [6, 6.07) is 0. The number of unbranched alkanes of at least 4 members (excludes halogenated alkanes) is 7. The van der Waals surface area contributed by atoms with Crippen molar-refractivity contribution in [3.8, 4) is 0 Å². The minimum absolute atomic E-state index is 0.0362. The molecule has 0 fully saturated rings. The molecule has 1 unspecified atom stereocenters. The molecule has 0 rings (SSSR count). The van der Waals surface area contributed by atoms with Gasteiger partial charge in [0.2, 0.25) is 0 Å². The maximum atomic E-state index is 12.6. The third-order valence-corrected chi connectivity index (χ3v) is 9.11. The first kappa shape index (κ1) is 53.7. The first-order chi connectivity index (χ1) is 27.8. The Balaban J connectivity index is 4.32. The predicted octanol–water partition coefficient (Wildman–Crippen LogP) is 12.4. The SMILES string of the molecule is CC/C=C/C/C=C/C/C=C/C/C=C/C/C=C/CCCCCC(=O)O[C@H](COC(=O)CCCCC/C=C/C/C=C/C/C=C/C/C=C/CCC)COP(=O)(O)OCCN. The fourth-order valence-corrected chi connectivity index (χ4v) is 5.77. The zero-order valence-corrected chi connectivity index (χ0v) is 36.2. The molecule has 322 valence electrons. The first-order valence-electron chi connectivity index (χ1n) is 21.4. The minimum Gasteiger partial charge on any atom is -0.462 e. The van der Waals surface area contributed by atoms with Gasteiger partial charge in [0, 0.05) is 19.4 Å². The second-order valence-corrected chi connectivity index (χ2v) is 14.9. The van der Waals surface area contributed by atoms with Crippen LogP contribution in [0.5, 0.6) is 0 Å². The van der Waals surface area contributed by atoms with Crippen molar-refractivity contribution >= 4 is 19.8 Å². The van der Waals surface area contributed by atoms with Crippen molar-refractivity contribution in [2.45, 2.75) is 148 Å². The number of phosphoric acid groups is 1. The summed E-state index contributed by atoms with van der Waals surface area (Å²) >= 11 is 0. The van der Waals surface area contributed by atoms with Gasteiger partial charge in [0.25, 0.3) is 0 Å². The number of hydrogen-bond acceptors (Lipinski definition) is 8. The van der Waals surface area contributed by atoms with Gasteiger partial charge in [-0.2, -0.15) is 0 Å². The Morgan fingerprint density at radius 2 is 0.965 bits per heavy atom. The number of hydrogen-bond donors (Lipinski definition) is 2. The molecule has 0 spiro atoms. The number of carbonyl (C=O) groups is 2. The normalized spacial score (nSPS) is 14.4. The molecule has 2 atom stereocenters. The summed E-state index contributed by atoms with van der Waals surface area (Å²) in [7, 11) is -4.40. The van der Waals surface area contributed by atoms with E-state index in [0.717, 1.165) is 96.3 Å². The van der Waals surface area contributed by atoms with Gasteiger partial charge in [-0.1, -0.05) is 142 Å². The molecule has 0 aromatic rings. The summed E-state index contributed by atoms with van der Waals surface area (Å²) in [6.45, 7) is 3.44. The molecule has 0 amide bonds. The van der Waals surface area contributed by atoms with Crippen LogP contribution in [0, 0.1) is 0 Å². The minimum atomic E-state index is -4.40. The predicted molar refractivity (Wildman–Crippen MR) is 238 cm³/mol. The Morgan fingerprint density at radius 3 is 1.40 bits per heavy atom. The summed E-state index contributed by atoms with van der Waals surface area (Å²) in [4.78, 5) is 34.9. The highest BCUT2D eigenvalue weighted by molar-refractivity contribution is 7.47. The molecule has 0 aliphatic rings. The lowest BCUT2D eigenvalue weighted by atomic mass is 10.1. The summed E-state index contributed by atoms with van der Waals surface area (Å²) in [5.74, 6) is -0.916. The number of allylic oxidation sites excluding steroid dienone is 18. The summed E-state index contributed by atoms with van der Waals surface area (Å²) < 4.78 is 32.7. The lowest BCUT2D eigenvalue weighted by molar-refractivity contribution is -0.161. The van der Waals surface area contributed by atoms with Crippen molar-refractivity contribution in [1.29, 1.82) is 0 Å². The highest BCUT2D eigenvalue weighted by atomic mass is 31.2. The highest BCUT2D eigenvalue weighted by Crippen LogP contribution is 2.43. The van der Waals surface area contributed by atoms with E-state index in [4.69, 9.17) is 24.3 Å². The molecular formula is C47H76NO8P. The summed E-state index contributed by atoms with van der Waals surface area (Å²) in [5, 5.41) is 0. The summed E-state index contributed by atoms with van der Waals surface area (Å²) in [6.07, 6.45) is 55.4. The lowest BCUT2D eigenvalue weighted by Gasteiger charge is -2.19. The van der Waals surface area contributed by atoms with Crippen LogP contribution in [0.3, 0.4) is 0 Å². The quantitative estimate of drug-likeness (QED) is 0.0270. The zero-order chi connectivity index (χ0) is 41.8. The van der Waals surface area contributed by atoms with E-state index < -0.39 is 32.5 Å². The molecule has 0 aromatic heterocycles. The fourth-order valence-electron chi connectivity index (χ4n) is 5.00. The van der Waals surface area contributed by atoms with Crippen molar-refractivity contribution in [2.24, 2.45) is 5.73 Å². The number of phosphoric ester groups is 1. The van der Waals surface area contributed by atoms with Crippen LogP contribution in [0.4, 0.5) is 0 Å². The molecule has 0 aliphatic heterocycles. The second-order valence-electron chi connectivity index (χ2n) is 13.5. The van der Waals surface area contributed by atoms with E-state index in [1.54, 1.807) is 0 Å². The van der Waals surface area contributed by atoms with Crippen LogP contribution in [0.15, 0.2) is 109 Å². The molecule has 0 radical (unpaired) electrons. The van der Waals surface area contributed by atoms with E-state index in [9.17, 15) is 19.0 Å². The largest absolute Gasteiger partial charge is 0.472 e. The van der Waals surface area contributed by atoms with Gasteiger partial charge < -0.3 is 20.1 Å². The average molecular weight is 814 g/mol. The van der Waals surface area contributed by atoms with E-state index in [1.165, 1.54) is 6.42 Å². The van der Waals surface area contributed by atoms with Gasteiger partial charge in [-0.3, -0.25) is 18.6 Å². The van der Waals surface area contributed by atoms with Gasteiger partial charge >= 0.3 is 19.8 Å². The van der Waals surface area contributed by atoms with E-state index >= 15 is 0 Å². The molecule has 0 saturated heterocycles. The molecule has 0 heterocycles. The standard InChI is InChI=1S/C47H76NO8P/c1-3-5-7-9-11-13-15-17-19-21-22-24-26-28-30-32-34-36-38-40-47(50)56-45(44-55-57(51,52)54-42-41-48)43-53-46(49)39-37-35-33-31-29-27-25-23-20-18-16-14-12-10-8-6-4-2/h5,7-8,10-11,13-14,16-17,19-20,22-24,27-30,45H,3-4,6,9,12,15,18,21,25-26,31-44,48H2,1-2H3,(H,51,52)/b7-5+,10-8+,13-11+,16-14+,19-17+,23-20+,24-22+,29-27+,30-28+/t45-/m1/s1. The molecule has 3 N–H and O–H groups in total. The number of rotatable bonds is 38. The van der Waals surface area contributed by atoms with E-state index in [0.29, 0.717) is 12.8 Å². The van der Waals surface area contributed by atoms with Gasteiger partial charge in [0.15, 0.2) is 6.10 Å². The molecule has 9 nitrogen and oxygen atoms in total. The van der Waals surface area contributed by atoms with Crippen LogP contribution < -0.4 is 5.73 Å². The van der Waals surface area contributed by atoms with Crippen LogP contribution in [0.25, 0.3) is 0 Å². The Kier molecular flexibility index (Phi) is 39.8. The molecule has 57 heavy (non-hydrogen) atoms. The Bertz CT molecular complexity index is 1290. The number of carbonyl (C=O) groups excluding carboxylic acids is 2. The smallest absolute Gasteiger partial charge is 0.462 e. The van der Waals surface area contributed by atoms with Crippen molar-refractivity contribution in [3.63, 3.8) is 0 Å². The highest BCUT2D eigenvalue weighted by Gasteiger charge is 2.25. The van der Waals surface area contributed by atoms with E-state index in [2.05, 4.69) is 123 Å². The number of esters is 2. The van der Waals surface area contributed by atoms with Crippen molar-refractivity contribution in [3.05, 3.63) is 109 Å². The Labute approximate surface area is 346 Å². The molecule has 10 heteroatoms. The lowest BCUT2D eigenvalue weighted by Crippen LogP contribution is -2.29. The first-order valence-corrected chi connectivity index (χ1v) is 22.9. The van der Waals surface area contributed by atoms with Gasteiger partial charge in [0.05, 0.1) is 13.2 Å². The molecule has 0 aliphatic carbocycles. The molecule has 0 saturated carbocycles. The van der Waals surface area contributed by atoms with Crippen molar-refractivity contribution < 1.29 is 37.6 Å². The fraction of sp³-hybridized carbons (Fsp3) is 0.574. The topological polar surface area (TPSA) is 134 Å². The van der Waals surface area contributed by atoms with Gasteiger partial charge in [-0.05, 0) is 96.3 Å². The van der Waals surface area contributed by atoms with E-state index in [-0.39, 0.29) is 32.6 Å². The van der Waals surface area contributed by atoms with Crippen LogP contribution in [-0.4, -0.2) is 49.3 Å². The zero-order valence-electron chi connectivity index (χ0n) is 35.3.